The Morgan fingerprint density at radius 3 is 2.89 bits per heavy atom. The summed E-state index contributed by atoms with van der Waals surface area (Å²) in [6, 6.07) is 5.43. The van der Waals surface area contributed by atoms with E-state index in [2.05, 4.69) is 20.9 Å². The summed E-state index contributed by atoms with van der Waals surface area (Å²) in [6.45, 7) is 5.67. The van der Waals surface area contributed by atoms with Gasteiger partial charge >= 0.3 is 0 Å². The maximum Gasteiger partial charge on any atom is 0.238 e. The van der Waals surface area contributed by atoms with E-state index in [0.29, 0.717) is 24.0 Å². The van der Waals surface area contributed by atoms with Gasteiger partial charge in [-0.2, -0.15) is 0 Å². The minimum absolute atomic E-state index is 0.0136. The molecule has 0 aliphatic carbocycles. The van der Waals surface area contributed by atoms with Gasteiger partial charge in [0, 0.05) is 23.8 Å². The summed E-state index contributed by atoms with van der Waals surface area (Å²) in [6.07, 6.45) is 4.13. The van der Waals surface area contributed by atoms with Gasteiger partial charge in [-0.3, -0.25) is 14.5 Å². The highest BCUT2D eigenvalue weighted by Gasteiger charge is 2.25. The molecule has 2 heterocycles. The lowest BCUT2D eigenvalue weighted by atomic mass is 9.98. The molecule has 2 aliphatic heterocycles. The number of carbonyl (C=O) groups is 2. The topological polar surface area (TPSA) is 73.5 Å². The van der Waals surface area contributed by atoms with Crippen LogP contribution in [0.1, 0.15) is 31.2 Å². The number of rotatable bonds is 6. The van der Waals surface area contributed by atoms with Gasteiger partial charge in [0.15, 0.2) is 0 Å². The molecule has 2 amide bonds. The molecule has 0 spiro atoms. The highest BCUT2D eigenvalue weighted by molar-refractivity contribution is 6.30. The molecule has 2 saturated heterocycles. The second kappa shape index (κ2) is 9.53. The zero-order valence-corrected chi connectivity index (χ0v) is 16.6. The van der Waals surface area contributed by atoms with Crippen molar-refractivity contribution >= 4 is 29.1 Å². The number of hydrogen-bond acceptors (Lipinski definition) is 4. The first-order chi connectivity index (χ1) is 13.0. The molecule has 0 aromatic heterocycles. The summed E-state index contributed by atoms with van der Waals surface area (Å²) in [5.41, 5.74) is 1.75. The first kappa shape index (κ1) is 20.1. The number of nitrogens with one attached hydrogen (secondary N) is 3. The molecule has 2 atom stereocenters. The van der Waals surface area contributed by atoms with Gasteiger partial charge in [0.2, 0.25) is 11.8 Å². The molecule has 3 N–H and O–H groups in total. The molecule has 2 fully saturated rings. The molecule has 148 valence electrons. The van der Waals surface area contributed by atoms with E-state index in [4.69, 9.17) is 11.6 Å². The van der Waals surface area contributed by atoms with Gasteiger partial charge in [0.1, 0.15) is 0 Å². The third kappa shape index (κ3) is 5.92. The summed E-state index contributed by atoms with van der Waals surface area (Å²) in [5, 5.41) is 9.94. The summed E-state index contributed by atoms with van der Waals surface area (Å²) in [5.74, 6) is 0.495. The lowest BCUT2D eigenvalue weighted by Gasteiger charge is -2.32. The number of carbonyl (C=O) groups excluding carboxylic acids is 2. The smallest absolute Gasteiger partial charge is 0.238 e. The van der Waals surface area contributed by atoms with E-state index in [0.717, 1.165) is 56.6 Å². The predicted octanol–water partition coefficient (Wildman–Crippen LogP) is 2.17. The van der Waals surface area contributed by atoms with Crippen molar-refractivity contribution in [2.24, 2.45) is 5.92 Å². The number of likely N-dealkylation sites (tertiary alicyclic amines) is 1. The number of halogens is 1. The van der Waals surface area contributed by atoms with Crippen LogP contribution in [-0.4, -0.2) is 55.5 Å². The van der Waals surface area contributed by atoms with E-state index in [-0.39, 0.29) is 17.9 Å². The Hall–Kier alpha value is -1.63. The van der Waals surface area contributed by atoms with Crippen LogP contribution in [0.25, 0.3) is 0 Å². The number of benzene rings is 1. The minimum atomic E-state index is -0.0295. The van der Waals surface area contributed by atoms with Gasteiger partial charge in [0.05, 0.1) is 12.6 Å². The number of amides is 2. The quantitative estimate of drug-likeness (QED) is 0.693. The van der Waals surface area contributed by atoms with Gasteiger partial charge in [-0.15, -0.1) is 0 Å². The van der Waals surface area contributed by atoms with Crippen molar-refractivity contribution in [2.75, 3.05) is 38.0 Å². The number of piperidine rings is 1. The predicted molar refractivity (Wildman–Crippen MR) is 108 cm³/mol. The highest BCUT2D eigenvalue weighted by Crippen LogP contribution is 2.20. The fourth-order valence-corrected chi connectivity index (χ4v) is 4.12. The molecule has 1 aromatic rings. The lowest BCUT2D eigenvalue weighted by molar-refractivity contribution is -0.123. The Kier molecular flexibility index (Phi) is 7.10. The van der Waals surface area contributed by atoms with Crippen molar-refractivity contribution in [3.8, 4) is 0 Å². The van der Waals surface area contributed by atoms with Crippen LogP contribution in [0.15, 0.2) is 18.2 Å². The van der Waals surface area contributed by atoms with Crippen LogP contribution in [0.5, 0.6) is 0 Å². The van der Waals surface area contributed by atoms with E-state index >= 15 is 0 Å². The highest BCUT2D eigenvalue weighted by atomic mass is 35.5. The van der Waals surface area contributed by atoms with Gasteiger partial charge in [0.25, 0.3) is 0 Å². The largest absolute Gasteiger partial charge is 0.354 e. The van der Waals surface area contributed by atoms with E-state index in [1.807, 2.05) is 19.1 Å². The van der Waals surface area contributed by atoms with Crippen molar-refractivity contribution in [3.63, 3.8) is 0 Å². The van der Waals surface area contributed by atoms with Crippen LogP contribution < -0.4 is 16.0 Å². The van der Waals surface area contributed by atoms with E-state index in [9.17, 15) is 9.59 Å². The number of aryl methyl sites for hydroxylation is 1. The monoisotopic (exact) mass is 392 g/mol. The number of hydrogen-bond donors (Lipinski definition) is 3. The zero-order valence-electron chi connectivity index (χ0n) is 15.9. The van der Waals surface area contributed by atoms with Crippen molar-refractivity contribution in [2.45, 2.75) is 38.6 Å². The van der Waals surface area contributed by atoms with Crippen LogP contribution in [-0.2, 0) is 9.59 Å². The molecule has 3 rings (SSSR count). The Morgan fingerprint density at radius 1 is 1.30 bits per heavy atom. The molecule has 6 nitrogen and oxygen atoms in total. The summed E-state index contributed by atoms with van der Waals surface area (Å²) in [7, 11) is 0. The van der Waals surface area contributed by atoms with Crippen LogP contribution in [0.4, 0.5) is 5.69 Å². The standard InChI is InChI=1S/C20H29ClN4O2/c1-14-10-16(21)6-7-17(14)24-19(26)13-25-9-3-4-15(12-25)11-23-20(27)18-5-2-8-22-18/h6-7,10,15,18,22H,2-5,8-9,11-13H2,1H3,(H,23,27)(H,24,26). The third-order valence-electron chi connectivity index (χ3n) is 5.37. The lowest BCUT2D eigenvalue weighted by Crippen LogP contribution is -2.46. The fourth-order valence-electron chi connectivity index (χ4n) is 3.90. The molecule has 0 saturated carbocycles. The first-order valence-corrected chi connectivity index (χ1v) is 10.2. The van der Waals surface area contributed by atoms with Gasteiger partial charge in [-0.05, 0) is 75.4 Å². The van der Waals surface area contributed by atoms with Gasteiger partial charge in [-0.25, -0.2) is 0 Å². The van der Waals surface area contributed by atoms with E-state index in [1.165, 1.54) is 0 Å². The van der Waals surface area contributed by atoms with Crippen LogP contribution in [0, 0.1) is 12.8 Å². The van der Waals surface area contributed by atoms with Crippen LogP contribution in [0.3, 0.4) is 0 Å². The second-order valence-corrected chi connectivity index (χ2v) is 8.08. The molecule has 7 heteroatoms. The van der Waals surface area contributed by atoms with Crippen molar-refractivity contribution in [1.29, 1.82) is 0 Å². The second-order valence-electron chi connectivity index (χ2n) is 7.64. The van der Waals surface area contributed by atoms with Crippen LogP contribution >= 0.6 is 11.6 Å². The van der Waals surface area contributed by atoms with Crippen LogP contribution in [0.2, 0.25) is 5.02 Å². The summed E-state index contributed by atoms with van der Waals surface area (Å²) >= 11 is 5.96. The molecular weight excluding hydrogens is 364 g/mol. The molecule has 0 bridgehead atoms. The Balaban J connectivity index is 1.43. The third-order valence-corrected chi connectivity index (χ3v) is 5.61. The average Bonchev–Trinajstić information content (AvgIpc) is 3.17. The molecule has 2 unspecified atom stereocenters. The fraction of sp³-hybridized carbons (Fsp3) is 0.600. The van der Waals surface area contributed by atoms with Crippen molar-refractivity contribution < 1.29 is 9.59 Å². The summed E-state index contributed by atoms with van der Waals surface area (Å²) in [4.78, 5) is 26.7. The zero-order chi connectivity index (χ0) is 19.2. The maximum atomic E-state index is 12.4. The number of nitrogens with zero attached hydrogens (tertiary/aromatic N) is 1. The van der Waals surface area contributed by atoms with E-state index in [1.54, 1.807) is 6.07 Å². The van der Waals surface area contributed by atoms with E-state index < -0.39 is 0 Å². The SMILES string of the molecule is Cc1cc(Cl)ccc1NC(=O)CN1CCCC(CNC(=O)C2CCCN2)C1. The molecule has 1 aromatic carbocycles. The minimum Gasteiger partial charge on any atom is -0.354 e. The average molecular weight is 393 g/mol. The van der Waals surface area contributed by atoms with Gasteiger partial charge < -0.3 is 16.0 Å². The van der Waals surface area contributed by atoms with Crippen molar-refractivity contribution in [1.82, 2.24) is 15.5 Å². The molecule has 2 aliphatic rings. The Morgan fingerprint density at radius 2 is 2.15 bits per heavy atom. The Bertz CT molecular complexity index is 676. The number of anilines is 1. The first-order valence-electron chi connectivity index (χ1n) is 9.80. The summed E-state index contributed by atoms with van der Waals surface area (Å²) < 4.78 is 0. The molecule has 0 radical (unpaired) electrons. The Labute approximate surface area is 166 Å². The normalized spacial score (nSPS) is 23.2. The molecule has 27 heavy (non-hydrogen) atoms. The maximum absolute atomic E-state index is 12.4. The molecular formula is C20H29ClN4O2. The van der Waals surface area contributed by atoms with Gasteiger partial charge in [-0.1, -0.05) is 11.6 Å². The van der Waals surface area contributed by atoms with Crippen molar-refractivity contribution in [3.05, 3.63) is 28.8 Å².